The minimum absolute atomic E-state index is 0.129. The third kappa shape index (κ3) is 4.11. The van der Waals surface area contributed by atoms with Gasteiger partial charge in [0.1, 0.15) is 0 Å². The van der Waals surface area contributed by atoms with E-state index in [0.717, 1.165) is 18.7 Å². The maximum atomic E-state index is 12.3. The highest BCUT2D eigenvalue weighted by atomic mass is 16.2. The minimum atomic E-state index is -0.206. The van der Waals surface area contributed by atoms with Gasteiger partial charge in [-0.1, -0.05) is 12.1 Å². The number of likely N-dealkylation sites (tertiary alicyclic amines) is 1. The first-order valence-corrected chi connectivity index (χ1v) is 8.41. The maximum Gasteiger partial charge on any atom is 0.257 e. The number of rotatable bonds is 5. The van der Waals surface area contributed by atoms with Crippen LogP contribution >= 0.6 is 0 Å². The van der Waals surface area contributed by atoms with E-state index < -0.39 is 0 Å². The number of carbonyl (C=O) groups excluding carboxylic acids is 1. The molecule has 1 saturated heterocycles. The van der Waals surface area contributed by atoms with Crippen molar-refractivity contribution in [2.75, 3.05) is 25.0 Å². The largest absolute Gasteiger partial charge is 0.322 e. The minimum Gasteiger partial charge on any atom is -0.322 e. The standard InChI is InChI=1S/C19H23N3O2/c1-21-14-16(7-8-18(21)23)19(24)20-17-6-4-5-15(13-17)9-12-22-10-2-3-11-22/h4-8,13-14H,2-3,9-12H2,1H3,(H,20,24). The number of carbonyl (C=O) groups is 1. The fourth-order valence-corrected chi connectivity index (χ4v) is 3.03. The molecule has 1 N–H and O–H groups in total. The van der Waals surface area contributed by atoms with Crippen LogP contribution in [-0.2, 0) is 13.5 Å². The average Bonchev–Trinajstić information content (AvgIpc) is 3.09. The molecule has 5 heteroatoms. The summed E-state index contributed by atoms with van der Waals surface area (Å²) in [5.41, 5.74) is 2.35. The Morgan fingerprint density at radius 2 is 1.96 bits per heavy atom. The normalized spacial score (nSPS) is 14.7. The number of aryl methyl sites for hydroxylation is 1. The molecule has 3 rings (SSSR count). The highest BCUT2D eigenvalue weighted by Gasteiger charge is 2.11. The van der Waals surface area contributed by atoms with E-state index >= 15 is 0 Å². The third-order valence-corrected chi connectivity index (χ3v) is 4.45. The van der Waals surface area contributed by atoms with Crippen molar-refractivity contribution in [3.63, 3.8) is 0 Å². The van der Waals surface area contributed by atoms with Crippen molar-refractivity contribution >= 4 is 11.6 Å². The molecular weight excluding hydrogens is 302 g/mol. The Bertz CT molecular complexity index is 776. The first kappa shape index (κ1) is 16.5. The Kier molecular flexibility index (Phi) is 5.11. The number of benzene rings is 1. The molecule has 5 nitrogen and oxygen atoms in total. The number of nitrogens with one attached hydrogen (secondary N) is 1. The lowest BCUT2D eigenvalue weighted by atomic mass is 10.1. The van der Waals surface area contributed by atoms with Gasteiger partial charge in [-0.3, -0.25) is 9.59 Å². The first-order valence-electron chi connectivity index (χ1n) is 8.41. The van der Waals surface area contributed by atoms with Gasteiger partial charge in [0.15, 0.2) is 0 Å². The molecule has 0 radical (unpaired) electrons. The molecular formula is C19H23N3O2. The molecule has 0 atom stereocenters. The van der Waals surface area contributed by atoms with Crippen LogP contribution in [0.2, 0.25) is 0 Å². The van der Waals surface area contributed by atoms with E-state index in [9.17, 15) is 9.59 Å². The van der Waals surface area contributed by atoms with Gasteiger partial charge < -0.3 is 14.8 Å². The molecule has 0 spiro atoms. The SMILES string of the molecule is Cn1cc(C(=O)Nc2cccc(CCN3CCCC3)c2)ccc1=O. The summed E-state index contributed by atoms with van der Waals surface area (Å²) in [7, 11) is 1.64. The smallest absolute Gasteiger partial charge is 0.257 e. The van der Waals surface area contributed by atoms with Gasteiger partial charge in [0.2, 0.25) is 5.56 Å². The molecule has 0 aliphatic carbocycles. The Morgan fingerprint density at radius 3 is 2.71 bits per heavy atom. The van der Waals surface area contributed by atoms with Crippen molar-refractivity contribution in [2.24, 2.45) is 7.05 Å². The molecule has 1 aromatic carbocycles. The number of anilines is 1. The van der Waals surface area contributed by atoms with Crippen LogP contribution in [0.25, 0.3) is 0 Å². The van der Waals surface area contributed by atoms with E-state index in [1.807, 2.05) is 18.2 Å². The van der Waals surface area contributed by atoms with E-state index in [1.165, 1.54) is 42.1 Å². The third-order valence-electron chi connectivity index (χ3n) is 4.45. The Balaban J connectivity index is 1.63. The van der Waals surface area contributed by atoms with Crippen molar-refractivity contribution < 1.29 is 4.79 Å². The van der Waals surface area contributed by atoms with Crippen molar-refractivity contribution in [1.82, 2.24) is 9.47 Å². The molecule has 126 valence electrons. The van der Waals surface area contributed by atoms with Gasteiger partial charge >= 0.3 is 0 Å². The molecule has 0 unspecified atom stereocenters. The average molecular weight is 325 g/mol. The fraction of sp³-hybridized carbons (Fsp3) is 0.368. The second-order valence-corrected chi connectivity index (χ2v) is 6.32. The molecule has 2 aromatic rings. The van der Waals surface area contributed by atoms with Gasteiger partial charge in [-0.15, -0.1) is 0 Å². The van der Waals surface area contributed by atoms with Crippen LogP contribution in [-0.4, -0.2) is 35.0 Å². The molecule has 2 heterocycles. The van der Waals surface area contributed by atoms with Crippen LogP contribution in [0.15, 0.2) is 47.4 Å². The van der Waals surface area contributed by atoms with Crippen LogP contribution in [0, 0.1) is 0 Å². The zero-order valence-corrected chi connectivity index (χ0v) is 14.0. The lowest BCUT2D eigenvalue weighted by molar-refractivity contribution is 0.102. The number of hydrogen-bond acceptors (Lipinski definition) is 3. The number of nitrogens with zero attached hydrogens (tertiary/aromatic N) is 2. The van der Waals surface area contributed by atoms with Gasteiger partial charge in [-0.2, -0.15) is 0 Å². The molecule has 0 bridgehead atoms. The number of amides is 1. The van der Waals surface area contributed by atoms with Crippen LogP contribution in [0.5, 0.6) is 0 Å². The van der Waals surface area contributed by atoms with Crippen LogP contribution in [0.3, 0.4) is 0 Å². The van der Waals surface area contributed by atoms with Gasteiger partial charge in [-0.25, -0.2) is 0 Å². The summed E-state index contributed by atoms with van der Waals surface area (Å²) in [5, 5.41) is 2.91. The van der Waals surface area contributed by atoms with E-state index in [-0.39, 0.29) is 11.5 Å². The van der Waals surface area contributed by atoms with Gasteiger partial charge in [0.05, 0.1) is 5.56 Å². The molecule has 1 aliphatic heterocycles. The molecule has 1 amide bonds. The van der Waals surface area contributed by atoms with Gasteiger partial charge in [0, 0.05) is 31.5 Å². The highest BCUT2D eigenvalue weighted by Crippen LogP contribution is 2.14. The van der Waals surface area contributed by atoms with E-state index in [1.54, 1.807) is 19.3 Å². The Morgan fingerprint density at radius 1 is 1.17 bits per heavy atom. The van der Waals surface area contributed by atoms with Crippen molar-refractivity contribution in [3.05, 3.63) is 64.1 Å². The quantitative estimate of drug-likeness (QED) is 0.917. The number of pyridine rings is 1. The zero-order chi connectivity index (χ0) is 16.9. The monoisotopic (exact) mass is 325 g/mol. The number of hydrogen-bond donors (Lipinski definition) is 1. The topological polar surface area (TPSA) is 54.3 Å². The van der Waals surface area contributed by atoms with Crippen molar-refractivity contribution in [1.29, 1.82) is 0 Å². The van der Waals surface area contributed by atoms with Crippen molar-refractivity contribution in [3.8, 4) is 0 Å². The first-order chi connectivity index (χ1) is 11.6. The summed E-state index contributed by atoms with van der Waals surface area (Å²) in [6, 6.07) is 10.9. The summed E-state index contributed by atoms with van der Waals surface area (Å²) < 4.78 is 1.40. The van der Waals surface area contributed by atoms with Crippen molar-refractivity contribution in [2.45, 2.75) is 19.3 Å². The molecule has 1 aliphatic rings. The van der Waals surface area contributed by atoms with Crippen LogP contribution in [0.4, 0.5) is 5.69 Å². The molecule has 0 saturated carbocycles. The summed E-state index contributed by atoms with van der Waals surface area (Å²) in [6.07, 6.45) is 5.14. The predicted octanol–water partition coefficient (Wildman–Crippen LogP) is 2.28. The van der Waals surface area contributed by atoms with Gasteiger partial charge in [-0.05, 0) is 56.1 Å². The fourth-order valence-electron chi connectivity index (χ4n) is 3.03. The van der Waals surface area contributed by atoms with Crippen LogP contribution in [0.1, 0.15) is 28.8 Å². The summed E-state index contributed by atoms with van der Waals surface area (Å²) in [6.45, 7) is 3.46. The lowest BCUT2D eigenvalue weighted by Gasteiger charge is -2.14. The second kappa shape index (κ2) is 7.45. The molecule has 1 aromatic heterocycles. The maximum absolute atomic E-state index is 12.3. The summed E-state index contributed by atoms with van der Waals surface area (Å²) >= 11 is 0. The Hall–Kier alpha value is -2.40. The Labute approximate surface area is 141 Å². The summed E-state index contributed by atoms with van der Waals surface area (Å²) in [4.78, 5) is 26.2. The zero-order valence-electron chi connectivity index (χ0n) is 14.0. The highest BCUT2D eigenvalue weighted by molar-refractivity contribution is 6.04. The van der Waals surface area contributed by atoms with E-state index in [2.05, 4.69) is 16.3 Å². The predicted molar refractivity (Wildman–Crippen MR) is 95.5 cm³/mol. The summed E-state index contributed by atoms with van der Waals surface area (Å²) in [5.74, 6) is -0.206. The molecule has 24 heavy (non-hydrogen) atoms. The van der Waals surface area contributed by atoms with Crippen LogP contribution < -0.4 is 10.9 Å². The molecule has 1 fully saturated rings. The lowest BCUT2D eigenvalue weighted by Crippen LogP contribution is -2.22. The second-order valence-electron chi connectivity index (χ2n) is 6.32. The number of aromatic nitrogens is 1. The van der Waals surface area contributed by atoms with Gasteiger partial charge in [0.25, 0.3) is 5.91 Å². The van der Waals surface area contributed by atoms with E-state index in [4.69, 9.17) is 0 Å². The van der Waals surface area contributed by atoms with E-state index in [0.29, 0.717) is 5.56 Å².